The molecule has 1 N–H and O–H groups in total. The van der Waals surface area contributed by atoms with Crippen LogP contribution >= 0.6 is 0 Å². The summed E-state index contributed by atoms with van der Waals surface area (Å²) in [5.74, 6) is 0.572. The fourth-order valence-electron chi connectivity index (χ4n) is 2.71. The van der Waals surface area contributed by atoms with Crippen LogP contribution in [-0.4, -0.2) is 47.8 Å². The van der Waals surface area contributed by atoms with Gasteiger partial charge in [0.15, 0.2) is 5.82 Å². The lowest BCUT2D eigenvalue weighted by Gasteiger charge is -2.34. The highest BCUT2D eigenvalue weighted by atomic mass is 19.1. The zero-order valence-electron chi connectivity index (χ0n) is 13.4. The number of methoxy groups -OCH3 is 1. The molecule has 0 radical (unpaired) electrons. The minimum Gasteiger partial charge on any atom is -0.384 e. The van der Waals surface area contributed by atoms with Crippen LogP contribution < -0.4 is 5.32 Å². The minimum absolute atomic E-state index is 0.119. The van der Waals surface area contributed by atoms with Crippen molar-refractivity contribution >= 4 is 5.91 Å². The van der Waals surface area contributed by atoms with Crippen molar-refractivity contribution < 1.29 is 18.4 Å². The van der Waals surface area contributed by atoms with Gasteiger partial charge in [0.05, 0.1) is 13.2 Å². The van der Waals surface area contributed by atoms with E-state index in [4.69, 9.17) is 9.26 Å². The van der Waals surface area contributed by atoms with Crippen LogP contribution in [0.25, 0.3) is 0 Å². The number of rotatable bonds is 6. The molecule has 1 aromatic carbocycles. The molecule has 0 aliphatic carbocycles. The SMILES string of the molecule is COCCc1noc(CN2CCNC(=O)C2c2ccc(F)cc2)n1. The van der Waals surface area contributed by atoms with E-state index in [2.05, 4.69) is 15.5 Å². The Morgan fingerprint density at radius 3 is 2.96 bits per heavy atom. The van der Waals surface area contributed by atoms with Crippen molar-refractivity contribution in [3.63, 3.8) is 0 Å². The van der Waals surface area contributed by atoms with E-state index >= 15 is 0 Å². The fraction of sp³-hybridized carbons (Fsp3) is 0.438. The summed E-state index contributed by atoms with van der Waals surface area (Å²) in [6, 6.07) is 5.44. The Hall–Kier alpha value is -2.32. The van der Waals surface area contributed by atoms with E-state index in [0.29, 0.717) is 44.4 Å². The van der Waals surface area contributed by atoms with E-state index < -0.39 is 6.04 Å². The molecule has 24 heavy (non-hydrogen) atoms. The monoisotopic (exact) mass is 334 g/mol. The van der Waals surface area contributed by atoms with Crippen molar-refractivity contribution in [1.82, 2.24) is 20.4 Å². The van der Waals surface area contributed by atoms with Crippen LogP contribution in [0, 0.1) is 5.82 Å². The first-order valence-corrected chi connectivity index (χ1v) is 7.75. The first-order chi connectivity index (χ1) is 11.7. The predicted octanol–water partition coefficient (Wildman–Crippen LogP) is 1.07. The lowest BCUT2D eigenvalue weighted by Crippen LogP contribution is -2.49. The Labute approximate surface area is 138 Å². The van der Waals surface area contributed by atoms with Crippen LogP contribution in [0.2, 0.25) is 0 Å². The highest BCUT2D eigenvalue weighted by Gasteiger charge is 2.32. The van der Waals surface area contributed by atoms with Crippen molar-refractivity contribution in [2.75, 3.05) is 26.8 Å². The summed E-state index contributed by atoms with van der Waals surface area (Å²) in [7, 11) is 1.61. The molecule has 1 fully saturated rings. The number of hydrogen-bond donors (Lipinski definition) is 1. The average molecular weight is 334 g/mol. The van der Waals surface area contributed by atoms with E-state index in [9.17, 15) is 9.18 Å². The molecule has 1 aliphatic rings. The second kappa shape index (κ2) is 7.50. The third-order valence-corrected chi connectivity index (χ3v) is 3.88. The van der Waals surface area contributed by atoms with Crippen molar-refractivity contribution in [2.45, 2.75) is 19.0 Å². The van der Waals surface area contributed by atoms with Crippen molar-refractivity contribution in [3.05, 3.63) is 47.4 Å². The maximum absolute atomic E-state index is 13.1. The van der Waals surface area contributed by atoms with Crippen LogP contribution in [-0.2, 0) is 22.5 Å². The number of halogens is 1. The maximum atomic E-state index is 13.1. The van der Waals surface area contributed by atoms with Gasteiger partial charge in [-0.2, -0.15) is 4.98 Å². The first kappa shape index (κ1) is 16.5. The molecular formula is C16H19FN4O3. The van der Waals surface area contributed by atoms with Crippen molar-refractivity contribution in [3.8, 4) is 0 Å². The molecule has 1 aromatic heterocycles. The van der Waals surface area contributed by atoms with Gasteiger partial charge in [0, 0.05) is 26.6 Å². The summed E-state index contributed by atoms with van der Waals surface area (Å²) >= 11 is 0. The zero-order valence-corrected chi connectivity index (χ0v) is 13.4. The summed E-state index contributed by atoms with van der Waals surface area (Å²) in [5.41, 5.74) is 0.729. The van der Waals surface area contributed by atoms with Crippen molar-refractivity contribution in [2.24, 2.45) is 0 Å². The molecule has 1 unspecified atom stereocenters. The quantitative estimate of drug-likeness (QED) is 0.851. The van der Waals surface area contributed by atoms with Gasteiger partial charge in [-0.25, -0.2) is 4.39 Å². The maximum Gasteiger partial charge on any atom is 0.242 e. The van der Waals surface area contributed by atoms with Crippen LogP contribution in [0.4, 0.5) is 4.39 Å². The molecule has 1 atom stereocenters. The molecule has 2 heterocycles. The molecule has 0 bridgehead atoms. The van der Waals surface area contributed by atoms with Crippen LogP contribution in [0.15, 0.2) is 28.8 Å². The number of carbonyl (C=O) groups excluding carboxylic acids is 1. The van der Waals surface area contributed by atoms with Gasteiger partial charge < -0.3 is 14.6 Å². The van der Waals surface area contributed by atoms with Gasteiger partial charge in [0.1, 0.15) is 11.9 Å². The number of hydrogen-bond acceptors (Lipinski definition) is 6. The molecule has 1 aliphatic heterocycles. The van der Waals surface area contributed by atoms with Gasteiger partial charge in [-0.1, -0.05) is 17.3 Å². The molecule has 8 heteroatoms. The standard InChI is InChI=1S/C16H19FN4O3/c1-23-9-6-13-19-14(24-20-13)10-21-8-7-18-16(22)15(21)11-2-4-12(17)5-3-11/h2-5,15H,6-10H2,1H3,(H,18,22). The van der Waals surface area contributed by atoms with Crippen LogP contribution in [0.5, 0.6) is 0 Å². The van der Waals surface area contributed by atoms with Crippen LogP contribution in [0.1, 0.15) is 23.3 Å². The first-order valence-electron chi connectivity index (χ1n) is 7.75. The Bertz CT molecular complexity index is 689. The lowest BCUT2D eigenvalue weighted by atomic mass is 10.0. The summed E-state index contributed by atoms with van der Waals surface area (Å²) in [6.07, 6.45) is 0.571. The Balaban J connectivity index is 1.75. The Kier molecular flexibility index (Phi) is 5.17. The molecular weight excluding hydrogens is 315 g/mol. The smallest absolute Gasteiger partial charge is 0.242 e. The Morgan fingerprint density at radius 1 is 1.42 bits per heavy atom. The zero-order chi connectivity index (χ0) is 16.9. The van der Waals surface area contributed by atoms with Gasteiger partial charge in [-0.15, -0.1) is 0 Å². The Morgan fingerprint density at radius 2 is 2.21 bits per heavy atom. The molecule has 0 saturated carbocycles. The molecule has 1 saturated heterocycles. The largest absolute Gasteiger partial charge is 0.384 e. The fourth-order valence-corrected chi connectivity index (χ4v) is 2.71. The van der Waals surface area contributed by atoms with Crippen molar-refractivity contribution in [1.29, 1.82) is 0 Å². The summed E-state index contributed by atoms with van der Waals surface area (Å²) in [4.78, 5) is 18.6. The van der Waals surface area contributed by atoms with Gasteiger partial charge in [-0.05, 0) is 17.7 Å². The molecule has 2 aromatic rings. The van der Waals surface area contributed by atoms with Gasteiger partial charge in [0.25, 0.3) is 0 Å². The summed E-state index contributed by atoms with van der Waals surface area (Å²) in [6.45, 7) is 2.06. The third kappa shape index (κ3) is 3.77. The second-order valence-electron chi connectivity index (χ2n) is 5.56. The molecule has 3 rings (SSSR count). The predicted molar refractivity (Wildman–Crippen MR) is 82.4 cm³/mol. The van der Waals surface area contributed by atoms with E-state index in [0.717, 1.165) is 5.56 Å². The lowest BCUT2D eigenvalue weighted by molar-refractivity contribution is -0.129. The number of benzene rings is 1. The highest BCUT2D eigenvalue weighted by Crippen LogP contribution is 2.25. The molecule has 1 amide bonds. The van der Waals surface area contributed by atoms with Crippen LogP contribution in [0.3, 0.4) is 0 Å². The normalized spacial score (nSPS) is 18.6. The van der Waals surface area contributed by atoms with Gasteiger partial charge >= 0.3 is 0 Å². The number of aromatic nitrogens is 2. The number of nitrogens with zero attached hydrogens (tertiary/aromatic N) is 3. The van der Waals surface area contributed by atoms with E-state index in [1.807, 2.05) is 4.90 Å². The van der Waals surface area contributed by atoms with E-state index in [1.165, 1.54) is 12.1 Å². The number of piperazine rings is 1. The van der Waals surface area contributed by atoms with E-state index in [1.54, 1.807) is 19.2 Å². The third-order valence-electron chi connectivity index (χ3n) is 3.88. The minimum atomic E-state index is -0.506. The van der Waals surface area contributed by atoms with Gasteiger partial charge in [-0.3, -0.25) is 9.69 Å². The highest BCUT2D eigenvalue weighted by molar-refractivity contribution is 5.83. The average Bonchev–Trinajstić information content (AvgIpc) is 3.02. The molecule has 0 spiro atoms. The molecule has 7 nitrogen and oxygen atoms in total. The van der Waals surface area contributed by atoms with E-state index in [-0.39, 0.29) is 11.7 Å². The summed E-state index contributed by atoms with van der Waals surface area (Å²) in [5, 5.41) is 6.74. The second-order valence-corrected chi connectivity index (χ2v) is 5.56. The number of amides is 1. The topological polar surface area (TPSA) is 80.5 Å². The van der Waals surface area contributed by atoms with Gasteiger partial charge in [0.2, 0.25) is 11.8 Å². The number of carbonyl (C=O) groups is 1. The summed E-state index contributed by atoms with van der Waals surface area (Å²) < 4.78 is 23.4. The molecule has 128 valence electrons. The number of nitrogens with one attached hydrogen (secondary N) is 1. The number of ether oxygens (including phenoxy) is 1.